The molecule has 80 heavy (non-hydrogen) atoms. The lowest BCUT2D eigenvalue weighted by molar-refractivity contribution is -0.870. The number of esters is 1. The molecule has 0 saturated carbocycles. The number of rotatable bonds is 63. The van der Waals surface area contributed by atoms with Crippen LogP contribution in [0.3, 0.4) is 0 Å². The molecule has 0 aromatic rings. The van der Waals surface area contributed by atoms with Crippen LogP contribution in [-0.4, -0.2) is 69.4 Å². The minimum atomic E-state index is -4.70. The van der Waals surface area contributed by atoms with E-state index >= 15 is 0 Å². The van der Waals surface area contributed by atoms with E-state index in [0.717, 1.165) is 70.6 Å². The summed E-state index contributed by atoms with van der Waals surface area (Å²) in [7, 11) is 1.20. The second-order valence-electron chi connectivity index (χ2n) is 24.7. The third-order valence-electron chi connectivity index (χ3n) is 15.5. The van der Waals surface area contributed by atoms with Crippen molar-refractivity contribution in [2.45, 2.75) is 348 Å². The molecule has 1 amide bonds. The Morgan fingerprint density at radius 1 is 0.438 bits per heavy atom. The van der Waals surface area contributed by atoms with E-state index in [1.165, 1.54) is 231 Å². The summed E-state index contributed by atoms with van der Waals surface area (Å²) in [6.45, 7) is 6.86. The number of hydrogen-bond donors (Lipinski definition) is 1. The van der Waals surface area contributed by atoms with Crippen molar-refractivity contribution in [1.82, 2.24) is 5.32 Å². The van der Waals surface area contributed by atoms with Crippen molar-refractivity contribution in [2.75, 3.05) is 40.9 Å². The molecule has 0 bridgehead atoms. The van der Waals surface area contributed by atoms with E-state index in [1.54, 1.807) is 0 Å². The maximum atomic E-state index is 13.6. The number of phosphoric acid groups is 1. The van der Waals surface area contributed by atoms with Crippen molar-refractivity contribution < 1.29 is 37.3 Å². The molecule has 0 rings (SSSR count). The molecule has 470 valence electrons. The van der Waals surface area contributed by atoms with E-state index in [9.17, 15) is 19.0 Å². The van der Waals surface area contributed by atoms with Crippen LogP contribution in [0.25, 0.3) is 0 Å². The smallest absolute Gasteiger partial charge is 0.306 e. The van der Waals surface area contributed by atoms with Gasteiger partial charge in [-0.1, -0.05) is 301 Å². The van der Waals surface area contributed by atoms with Gasteiger partial charge in [-0.3, -0.25) is 14.2 Å². The maximum Gasteiger partial charge on any atom is 0.306 e. The molecule has 3 atom stereocenters. The Balaban J connectivity index is 5.02. The number of likely N-dealkylation sites (N-methyl/N-ethyl adjacent to an activating group) is 1. The molecular weight excluding hydrogens is 1010 g/mol. The normalized spacial score (nSPS) is 13.8. The highest BCUT2D eigenvalue weighted by molar-refractivity contribution is 7.45. The highest BCUT2D eigenvalue weighted by Gasteiger charge is 2.27. The number of amides is 1. The van der Waals surface area contributed by atoms with Gasteiger partial charge in [-0.25, -0.2) is 0 Å². The number of allylic oxidation sites excluding steroid dienone is 7. The van der Waals surface area contributed by atoms with Crippen LogP contribution >= 0.6 is 7.82 Å². The second-order valence-corrected chi connectivity index (χ2v) is 26.1. The van der Waals surface area contributed by atoms with Crippen molar-refractivity contribution in [2.24, 2.45) is 0 Å². The van der Waals surface area contributed by atoms with Crippen LogP contribution in [0.2, 0.25) is 0 Å². The maximum absolute atomic E-state index is 13.6. The molecule has 0 aromatic heterocycles. The lowest BCUT2D eigenvalue weighted by atomic mass is 10.0. The van der Waals surface area contributed by atoms with Gasteiger partial charge in [-0.15, -0.1) is 0 Å². The first kappa shape index (κ1) is 78.0. The SMILES string of the molecule is CCCCC/C=C\C/C=C\C/C=C\CCCCCCCCCCCCCCCCC(=O)NC(COP(=O)([O-])OCC[N+](C)(C)C)C(/C=C\CCCCCCCCCCCCC)OC(=O)CCCCCCCCCCCCCCCC. The number of hydrogen-bond acceptors (Lipinski definition) is 7. The zero-order valence-corrected chi connectivity index (χ0v) is 54.7. The third-order valence-corrected chi connectivity index (χ3v) is 16.5. The zero-order valence-electron chi connectivity index (χ0n) is 53.8. The predicted octanol–water partition coefficient (Wildman–Crippen LogP) is 21.0. The van der Waals surface area contributed by atoms with Crippen molar-refractivity contribution in [3.63, 3.8) is 0 Å². The van der Waals surface area contributed by atoms with E-state index in [-0.39, 0.29) is 31.5 Å². The van der Waals surface area contributed by atoms with Gasteiger partial charge >= 0.3 is 5.97 Å². The van der Waals surface area contributed by atoms with E-state index in [0.29, 0.717) is 17.4 Å². The van der Waals surface area contributed by atoms with Crippen LogP contribution in [0.4, 0.5) is 0 Å². The van der Waals surface area contributed by atoms with Gasteiger partial charge in [0.1, 0.15) is 19.3 Å². The number of nitrogens with zero attached hydrogens (tertiary/aromatic N) is 1. The fourth-order valence-corrected chi connectivity index (χ4v) is 10.9. The molecule has 0 aromatic carbocycles. The molecule has 0 fully saturated rings. The second kappa shape index (κ2) is 60.1. The van der Waals surface area contributed by atoms with Crippen LogP contribution < -0.4 is 10.2 Å². The van der Waals surface area contributed by atoms with Crippen LogP contribution in [0, 0.1) is 0 Å². The predicted molar refractivity (Wildman–Crippen MR) is 344 cm³/mol. The number of carbonyl (C=O) groups excluding carboxylic acids is 2. The molecular formula is C70H133N2O7P. The molecule has 10 heteroatoms. The van der Waals surface area contributed by atoms with Crippen molar-refractivity contribution in [3.05, 3.63) is 48.6 Å². The zero-order chi connectivity index (χ0) is 58.6. The summed E-state index contributed by atoms with van der Waals surface area (Å²) in [6, 6.07) is -0.886. The number of unbranched alkanes of at least 4 members (excludes halogenated alkanes) is 41. The number of nitrogens with one attached hydrogen (secondary N) is 1. The lowest BCUT2D eigenvalue weighted by Crippen LogP contribution is -2.47. The Hall–Kier alpha value is -2.03. The van der Waals surface area contributed by atoms with Gasteiger partial charge in [0.2, 0.25) is 5.91 Å². The largest absolute Gasteiger partial charge is 0.756 e. The van der Waals surface area contributed by atoms with Crippen LogP contribution in [0.15, 0.2) is 48.6 Å². The van der Waals surface area contributed by atoms with Crippen molar-refractivity contribution in [1.29, 1.82) is 0 Å². The third kappa shape index (κ3) is 60.6. The quantitative estimate of drug-likeness (QED) is 0.0212. The van der Waals surface area contributed by atoms with Crippen LogP contribution in [0.1, 0.15) is 335 Å². The summed E-state index contributed by atoms with van der Waals surface area (Å²) < 4.78 is 30.4. The minimum absolute atomic E-state index is 0.0202. The average Bonchev–Trinajstić information content (AvgIpc) is 3.42. The van der Waals surface area contributed by atoms with Gasteiger partial charge in [0.05, 0.1) is 33.8 Å². The lowest BCUT2D eigenvalue weighted by Gasteiger charge is -2.30. The fourth-order valence-electron chi connectivity index (χ4n) is 10.2. The molecule has 9 nitrogen and oxygen atoms in total. The summed E-state index contributed by atoms with van der Waals surface area (Å²) in [5, 5.41) is 3.04. The molecule has 0 aliphatic rings. The fraction of sp³-hybridized carbons (Fsp3) is 0.857. The van der Waals surface area contributed by atoms with Gasteiger partial charge in [-0.05, 0) is 70.3 Å². The number of phosphoric ester groups is 1. The summed E-state index contributed by atoms with van der Waals surface area (Å²) in [5.41, 5.74) is 0. The summed E-state index contributed by atoms with van der Waals surface area (Å²) in [5.74, 6) is -0.526. The van der Waals surface area contributed by atoms with E-state index in [1.807, 2.05) is 33.3 Å². The monoisotopic (exact) mass is 1140 g/mol. The summed E-state index contributed by atoms with van der Waals surface area (Å²) in [6.07, 6.45) is 75.1. The molecule has 0 spiro atoms. The Bertz CT molecular complexity index is 1510. The highest BCUT2D eigenvalue weighted by atomic mass is 31.2. The standard InChI is InChI=1S/C70H133N2O7P/c1-7-10-13-16-19-22-25-28-30-31-32-33-34-35-36-37-38-39-40-41-42-44-47-50-53-56-59-62-69(73)71-67(66-78-80(75,76)77-65-64-72(4,5)6)68(61-58-55-52-49-46-43-27-24-21-18-15-12-9-3)79-70(74)63-60-57-54-51-48-45-29-26-23-20-17-14-11-8-2/h19,22,28,30,32-33,58,61,67-68H,7-18,20-21,23-27,29,31,34-57,59-60,62-66H2,1-6H3,(H-,71,73,75,76)/b22-19-,30-28-,33-32-,61-58-. The molecule has 0 aliphatic heterocycles. The molecule has 3 unspecified atom stereocenters. The van der Waals surface area contributed by atoms with E-state index < -0.39 is 20.0 Å². The molecule has 1 N–H and O–H groups in total. The van der Waals surface area contributed by atoms with Crippen molar-refractivity contribution >= 4 is 19.7 Å². The Labute approximate surface area is 497 Å². The van der Waals surface area contributed by atoms with Crippen LogP contribution in [-0.2, 0) is 27.9 Å². The first-order valence-electron chi connectivity index (χ1n) is 34.4. The first-order valence-corrected chi connectivity index (χ1v) is 35.9. The number of carbonyl (C=O) groups is 2. The Morgan fingerprint density at radius 2 is 0.762 bits per heavy atom. The molecule has 0 saturated heterocycles. The van der Waals surface area contributed by atoms with Crippen molar-refractivity contribution in [3.8, 4) is 0 Å². The number of ether oxygens (including phenoxy) is 1. The average molecular weight is 1150 g/mol. The molecule has 0 aliphatic carbocycles. The number of quaternary nitrogens is 1. The Morgan fingerprint density at radius 3 is 1.16 bits per heavy atom. The molecule has 0 heterocycles. The van der Waals surface area contributed by atoms with Gasteiger partial charge in [-0.2, -0.15) is 0 Å². The van der Waals surface area contributed by atoms with E-state index in [2.05, 4.69) is 62.5 Å². The van der Waals surface area contributed by atoms with E-state index in [4.69, 9.17) is 13.8 Å². The summed E-state index contributed by atoms with van der Waals surface area (Å²) >= 11 is 0. The van der Waals surface area contributed by atoms with Crippen LogP contribution in [0.5, 0.6) is 0 Å². The summed E-state index contributed by atoms with van der Waals surface area (Å²) in [4.78, 5) is 40.1. The van der Waals surface area contributed by atoms with Gasteiger partial charge in [0.25, 0.3) is 7.82 Å². The topological polar surface area (TPSA) is 114 Å². The van der Waals surface area contributed by atoms with Gasteiger partial charge < -0.3 is 28.5 Å². The van der Waals surface area contributed by atoms with Gasteiger partial charge in [0.15, 0.2) is 0 Å². The minimum Gasteiger partial charge on any atom is -0.756 e. The molecule has 0 radical (unpaired) electrons. The highest BCUT2D eigenvalue weighted by Crippen LogP contribution is 2.38. The Kier molecular flexibility index (Phi) is 58.6. The first-order chi connectivity index (χ1) is 38.9. The van der Waals surface area contributed by atoms with Gasteiger partial charge in [0, 0.05) is 12.8 Å².